The van der Waals surface area contributed by atoms with E-state index in [-0.39, 0.29) is 5.91 Å². The number of aromatic nitrogens is 1. The van der Waals surface area contributed by atoms with E-state index in [2.05, 4.69) is 23.3 Å². The molecule has 0 fully saturated rings. The van der Waals surface area contributed by atoms with Crippen molar-refractivity contribution in [3.63, 3.8) is 0 Å². The largest absolute Gasteiger partial charge is 0.416 e. The van der Waals surface area contributed by atoms with Crippen LogP contribution in [0.25, 0.3) is 11.3 Å². The van der Waals surface area contributed by atoms with Crippen LogP contribution in [0.5, 0.6) is 0 Å². The highest BCUT2D eigenvalue weighted by Crippen LogP contribution is 2.30. The number of alkyl halides is 3. The van der Waals surface area contributed by atoms with Gasteiger partial charge < -0.3 is 5.32 Å². The number of benzene rings is 2. The number of rotatable bonds is 7. The molecule has 3 rings (SSSR count). The van der Waals surface area contributed by atoms with E-state index in [1.807, 2.05) is 12.3 Å². The van der Waals surface area contributed by atoms with Gasteiger partial charge in [-0.2, -0.15) is 13.2 Å². The molecule has 0 saturated carbocycles. The fraction of sp³-hybridized carbons (Fsp3) is 0.250. The van der Waals surface area contributed by atoms with Crippen LogP contribution in [-0.4, -0.2) is 10.9 Å². The first-order chi connectivity index (χ1) is 14.4. The van der Waals surface area contributed by atoms with Gasteiger partial charge in [0.05, 0.1) is 11.3 Å². The highest BCUT2D eigenvalue weighted by Gasteiger charge is 2.30. The van der Waals surface area contributed by atoms with Gasteiger partial charge in [-0.15, -0.1) is 0 Å². The summed E-state index contributed by atoms with van der Waals surface area (Å²) < 4.78 is 37.9. The van der Waals surface area contributed by atoms with Gasteiger partial charge in [0.1, 0.15) is 0 Å². The second kappa shape index (κ2) is 9.57. The van der Waals surface area contributed by atoms with E-state index < -0.39 is 11.7 Å². The number of unbranched alkanes of at least 4 members (excludes halogenated alkanes) is 2. The molecule has 0 bridgehead atoms. The molecule has 0 aliphatic carbocycles. The van der Waals surface area contributed by atoms with Gasteiger partial charge in [-0.25, -0.2) is 0 Å². The summed E-state index contributed by atoms with van der Waals surface area (Å²) in [5, 5.41) is 2.61. The first-order valence-electron chi connectivity index (χ1n) is 9.91. The lowest BCUT2D eigenvalue weighted by molar-refractivity contribution is -0.137. The summed E-state index contributed by atoms with van der Waals surface area (Å²) in [6.07, 6.45) is 2.04. The van der Waals surface area contributed by atoms with Crippen LogP contribution in [0.1, 0.15) is 47.7 Å². The third-order valence-corrected chi connectivity index (χ3v) is 4.81. The number of anilines is 1. The van der Waals surface area contributed by atoms with Crippen LogP contribution >= 0.6 is 0 Å². The Hall–Kier alpha value is -3.15. The zero-order valence-electron chi connectivity index (χ0n) is 16.7. The summed E-state index contributed by atoms with van der Waals surface area (Å²) in [4.78, 5) is 16.9. The molecule has 2 aromatic carbocycles. The van der Waals surface area contributed by atoms with E-state index in [9.17, 15) is 18.0 Å². The highest BCUT2D eigenvalue weighted by atomic mass is 19.4. The lowest BCUT2D eigenvalue weighted by Gasteiger charge is -2.09. The SMILES string of the molecule is CCCCCc1ccc(-c2ccc(C(=O)Nc3ccc(C(F)(F)F)cc3)cc2)nc1. The Labute approximate surface area is 174 Å². The summed E-state index contributed by atoms with van der Waals surface area (Å²) in [5.74, 6) is -0.388. The van der Waals surface area contributed by atoms with E-state index >= 15 is 0 Å². The number of nitrogens with one attached hydrogen (secondary N) is 1. The van der Waals surface area contributed by atoms with E-state index in [0.29, 0.717) is 11.3 Å². The number of aryl methyl sites for hydroxylation is 1. The van der Waals surface area contributed by atoms with Gasteiger partial charge in [0.15, 0.2) is 0 Å². The molecule has 3 nitrogen and oxygen atoms in total. The van der Waals surface area contributed by atoms with Crippen LogP contribution in [0.3, 0.4) is 0 Å². The highest BCUT2D eigenvalue weighted by molar-refractivity contribution is 6.04. The van der Waals surface area contributed by atoms with Gasteiger partial charge in [0.25, 0.3) is 5.91 Å². The topological polar surface area (TPSA) is 42.0 Å². The lowest BCUT2D eigenvalue weighted by Crippen LogP contribution is -2.12. The summed E-state index contributed by atoms with van der Waals surface area (Å²) >= 11 is 0. The standard InChI is InChI=1S/C24H23F3N2O/c1-2-3-4-5-17-6-15-22(28-16-17)18-7-9-19(10-8-18)23(30)29-21-13-11-20(12-14-21)24(25,26)27/h6-16H,2-5H2,1H3,(H,29,30). The molecular formula is C24H23F3N2O. The first kappa shape index (κ1) is 21.6. The zero-order valence-corrected chi connectivity index (χ0v) is 16.7. The minimum atomic E-state index is -4.40. The predicted octanol–water partition coefficient (Wildman–Crippen LogP) is 6.75. The summed E-state index contributed by atoms with van der Waals surface area (Å²) in [7, 11) is 0. The average Bonchev–Trinajstić information content (AvgIpc) is 2.74. The quantitative estimate of drug-likeness (QED) is 0.436. The molecule has 0 atom stereocenters. The molecule has 0 saturated heterocycles. The molecule has 0 aliphatic heterocycles. The molecule has 1 amide bonds. The third-order valence-electron chi connectivity index (χ3n) is 4.81. The molecule has 0 aliphatic rings. The van der Waals surface area contributed by atoms with Crippen molar-refractivity contribution in [3.05, 3.63) is 83.6 Å². The maximum atomic E-state index is 12.6. The van der Waals surface area contributed by atoms with Gasteiger partial charge in [-0.05, 0) is 60.9 Å². The molecule has 156 valence electrons. The van der Waals surface area contributed by atoms with Gasteiger partial charge in [-0.3, -0.25) is 9.78 Å². The second-order valence-electron chi connectivity index (χ2n) is 7.12. The number of carbonyl (C=O) groups is 1. The Morgan fingerprint density at radius 2 is 1.63 bits per heavy atom. The first-order valence-corrected chi connectivity index (χ1v) is 9.91. The molecule has 3 aromatic rings. The predicted molar refractivity (Wildman–Crippen MR) is 112 cm³/mol. The van der Waals surface area contributed by atoms with Crippen LogP contribution in [0.2, 0.25) is 0 Å². The number of nitrogens with zero attached hydrogens (tertiary/aromatic N) is 1. The second-order valence-corrected chi connectivity index (χ2v) is 7.12. The molecule has 1 aromatic heterocycles. The van der Waals surface area contributed by atoms with Crippen molar-refractivity contribution < 1.29 is 18.0 Å². The van der Waals surface area contributed by atoms with Crippen LogP contribution in [0, 0.1) is 0 Å². The maximum Gasteiger partial charge on any atom is 0.416 e. The Bertz CT molecular complexity index is 963. The monoisotopic (exact) mass is 412 g/mol. The summed E-state index contributed by atoms with van der Waals surface area (Å²) in [6, 6.07) is 15.4. The Kier molecular flexibility index (Phi) is 6.87. The number of carbonyl (C=O) groups excluding carboxylic acids is 1. The van der Waals surface area contributed by atoms with E-state index in [1.165, 1.54) is 30.5 Å². The number of amides is 1. The van der Waals surface area contributed by atoms with Gasteiger partial charge in [0, 0.05) is 23.0 Å². The van der Waals surface area contributed by atoms with Crippen molar-refractivity contribution in [1.29, 1.82) is 0 Å². The van der Waals surface area contributed by atoms with Crippen molar-refractivity contribution in [2.24, 2.45) is 0 Å². The molecular weight excluding hydrogens is 389 g/mol. The molecule has 0 unspecified atom stereocenters. The van der Waals surface area contributed by atoms with Gasteiger partial charge >= 0.3 is 6.18 Å². The Morgan fingerprint density at radius 3 is 2.20 bits per heavy atom. The summed E-state index contributed by atoms with van der Waals surface area (Å²) in [5.41, 5.74) is 2.88. The number of halogens is 3. The van der Waals surface area contributed by atoms with Crippen LogP contribution in [0.4, 0.5) is 18.9 Å². The van der Waals surface area contributed by atoms with Gasteiger partial charge in [0.2, 0.25) is 0 Å². The number of pyridine rings is 1. The van der Waals surface area contributed by atoms with Gasteiger partial charge in [-0.1, -0.05) is 38.0 Å². The normalized spacial score (nSPS) is 11.3. The fourth-order valence-corrected chi connectivity index (χ4v) is 3.06. The van der Waals surface area contributed by atoms with Crippen LogP contribution < -0.4 is 5.32 Å². The molecule has 1 heterocycles. The van der Waals surface area contributed by atoms with E-state index in [1.54, 1.807) is 24.3 Å². The molecule has 1 N–H and O–H groups in total. The number of hydrogen-bond donors (Lipinski definition) is 1. The van der Waals surface area contributed by atoms with E-state index in [0.717, 1.165) is 36.2 Å². The van der Waals surface area contributed by atoms with E-state index in [4.69, 9.17) is 0 Å². The molecule has 30 heavy (non-hydrogen) atoms. The fourth-order valence-electron chi connectivity index (χ4n) is 3.06. The smallest absolute Gasteiger partial charge is 0.322 e. The molecule has 0 spiro atoms. The third kappa shape index (κ3) is 5.69. The Balaban J connectivity index is 1.63. The molecule has 6 heteroatoms. The van der Waals surface area contributed by atoms with Crippen LogP contribution in [0.15, 0.2) is 66.9 Å². The minimum Gasteiger partial charge on any atom is -0.322 e. The lowest BCUT2D eigenvalue weighted by atomic mass is 10.1. The summed E-state index contributed by atoms with van der Waals surface area (Å²) in [6.45, 7) is 2.18. The maximum absolute atomic E-state index is 12.6. The Morgan fingerprint density at radius 1 is 0.933 bits per heavy atom. The zero-order chi connectivity index (χ0) is 21.6. The van der Waals surface area contributed by atoms with Crippen molar-refractivity contribution in [2.75, 3.05) is 5.32 Å². The average molecular weight is 412 g/mol. The van der Waals surface area contributed by atoms with Crippen LogP contribution in [-0.2, 0) is 12.6 Å². The number of hydrogen-bond acceptors (Lipinski definition) is 2. The van der Waals surface area contributed by atoms with Crippen molar-refractivity contribution >= 4 is 11.6 Å². The molecule has 0 radical (unpaired) electrons. The van der Waals surface area contributed by atoms with Crippen molar-refractivity contribution in [3.8, 4) is 11.3 Å². The van der Waals surface area contributed by atoms with Crippen molar-refractivity contribution in [2.45, 2.75) is 38.8 Å². The van der Waals surface area contributed by atoms with Crippen molar-refractivity contribution in [1.82, 2.24) is 4.98 Å². The minimum absolute atomic E-state index is 0.303.